The number of sulfonamides is 1. The smallest absolute Gasteiger partial charge is 0.349 e. The lowest BCUT2D eigenvalue weighted by atomic mass is 10.0. The normalized spacial score (nSPS) is 13.0. The largest absolute Gasteiger partial charge is 0.465 e. The number of rotatable bonds is 7. The molecule has 1 atom stereocenters. The molecule has 26 heavy (non-hydrogen) atoms. The Kier molecular flexibility index (Phi) is 8.04. The third-order valence-corrected chi connectivity index (χ3v) is 7.45. The molecule has 0 aliphatic rings. The van der Waals surface area contributed by atoms with Gasteiger partial charge in [-0.3, -0.25) is 0 Å². The first kappa shape index (κ1) is 22.9. The van der Waals surface area contributed by atoms with Crippen molar-refractivity contribution < 1.29 is 17.9 Å². The Labute approximate surface area is 164 Å². The molecular formula is C17H25ClN2O4S2. The number of benzene rings is 1. The van der Waals surface area contributed by atoms with Crippen molar-refractivity contribution in [3.8, 4) is 0 Å². The Bertz CT molecular complexity index is 865. The molecule has 0 radical (unpaired) electrons. The highest BCUT2D eigenvalue weighted by molar-refractivity contribution is 7.89. The van der Waals surface area contributed by atoms with E-state index in [0.29, 0.717) is 11.8 Å². The molecule has 0 saturated carbocycles. The molecule has 2 aromatic rings. The van der Waals surface area contributed by atoms with Crippen molar-refractivity contribution in [2.45, 2.75) is 31.2 Å². The number of fused-ring (bicyclic) bond motifs is 1. The van der Waals surface area contributed by atoms with Crippen molar-refractivity contribution in [3.05, 3.63) is 29.1 Å². The van der Waals surface area contributed by atoms with Crippen LogP contribution in [-0.4, -0.2) is 45.4 Å². The Balaban J connectivity index is 0.00000338. The number of carbonyl (C=O) groups is 1. The molecule has 1 aromatic heterocycles. The van der Waals surface area contributed by atoms with E-state index in [4.69, 9.17) is 10.5 Å². The molecule has 1 heterocycles. The third kappa shape index (κ3) is 4.55. The zero-order valence-electron chi connectivity index (χ0n) is 15.3. The fourth-order valence-electron chi connectivity index (χ4n) is 2.45. The number of hydrogen-bond acceptors (Lipinski definition) is 6. The van der Waals surface area contributed by atoms with Crippen LogP contribution in [0.2, 0.25) is 0 Å². The van der Waals surface area contributed by atoms with E-state index in [-0.39, 0.29) is 40.7 Å². The van der Waals surface area contributed by atoms with E-state index in [1.54, 1.807) is 18.2 Å². The second kappa shape index (κ2) is 9.14. The maximum atomic E-state index is 13.1. The van der Waals surface area contributed by atoms with Gasteiger partial charge in [-0.15, -0.1) is 23.7 Å². The lowest BCUT2D eigenvalue weighted by molar-refractivity contribution is 0.0602. The summed E-state index contributed by atoms with van der Waals surface area (Å²) in [5, 5.41) is 0.535. The molecule has 0 saturated heterocycles. The van der Waals surface area contributed by atoms with Gasteiger partial charge in [-0.2, -0.15) is 0 Å². The molecule has 0 fully saturated rings. The molecule has 6 nitrogen and oxygen atoms in total. The first-order valence-corrected chi connectivity index (χ1v) is 10.3. The van der Waals surface area contributed by atoms with Gasteiger partial charge in [0.05, 0.1) is 7.11 Å². The quantitative estimate of drug-likeness (QED) is 0.695. The van der Waals surface area contributed by atoms with Gasteiger partial charge in [0.15, 0.2) is 0 Å². The minimum Gasteiger partial charge on any atom is -0.465 e. The van der Waals surface area contributed by atoms with E-state index in [9.17, 15) is 13.2 Å². The topological polar surface area (TPSA) is 89.7 Å². The lowest BCUT2D eigenvalue weighted by Gasteiger charge is -2.21. The van der Waals surface area contributed by atoms with Crippen molar-refractivity contribution in [2.75, 3.05) is 20.7 Å². The number of nitrogens with zero attached hydrogens (tertiary/aromatic N) is 1. The summed E-state index contributed by atoms with van der Waals surface area (Å²) >= 11 is 1.13. The van der Waals surface area contributed by atoms with Crippen LogP contribution in [0.15, 0.2) is 29.2 Å². The zero-order valence-corrected chi connectivity index (χ0v) is 17.7. The summed E-state index contributed by atoms with van der Waals surface area (Å²) in [6.45, 7) is 4.29. The van der Waals surface area contributed by atoms with Crippen LogP contribution in [-0.2, 0) is 14.8 Å². The van der Waals surface area contributed by atoms with Gasteiger partial charge >= 0.3 is 5.97 Å². The standard InChI is InChI=1S/C17H24N2O4S2.ClH/c1-11(2)13(18)9-10-19(3)25(21,22)16-12-7-5-6-8-14(12)24-15(16)17(20)23-4;/h5-8,11,13H,9-10,18H2,1-4H3;1H. The second-order valence-corrected chi connectivity index (χ2v) is 9.31. The van der Waals surface area contributed by atoms with Crippen molar-refractivity contribution in [1.29, 1.82) is 0 Å². The molecule has 146 valence electrons. The summed E-state index contributed by atoms with van der Waals surface area (Å²) in [6.07, 6.45) is 0.545. The van der Waals surface area contributed by atoms with Gasteiger partial charge in [-0.25, -0.2) is 17.5 Å². The number of hydrogen-bond donors (Lipinski definition) is 1. The minimum absolute atomic E-state index is 0. The molecular weight excluding hydrogens is 396 g/mol. The van der Waals surface area contributed by atoms with E-state index in [1.165, 1.54) is 18.5 Å². The average molecular weight is 421 g/mol. The van der Waals surface area contributed by atoms with Crippen LogP contribution in [0.5, 0.6) is 0 Å². The number of carbonyl (C=O) groups excluding carboxylic acids is 1. The van der Waals surface area contributed by atoms with Gasteiger partial charge in [-0.05, 0) is 18.4 Å². The highest BCUT2D eigenvalue weighted by Crippen LogP contribution is 2.36. The predicted molar refractivity (Wildman–Crippen MR) is 108 cm³/mol. The van der Waals surface area contributed by atoms with Gasteiger partial charge < -0.3 is 10.5 Å². The maximum Gasteiger partial charge on any atom is 0.349 e. The van der Waals surface area contributed by atoms with Crippen molar-refractivity contribution in [1.82, 2.24) is 4.31 Å². The molecule has 1 aromatic carbocycles. The SMILES string of the molecule is COC(=O)c1sc2ccccc2c1S(=O)(=O)N(C)CCC(N)C(C)C.Cl. The maximum absolute atomic E-state index is 13.1. The fourth-order valence-corrected chi connectivity index (χ4v) is 5.40. The van der Waals surface area contributed by atoms with E-state index in [2.05, 4.69) is 0 Å². The Hall–Kier alpha value is -1.19. The number of thiophene rings is 1. The van der Waals surface area contributed by atoms with Crippen LogP contribution in [0.25, 0.3) is 10.1 Å². The van der Waals surface area contributed by atoms with Gasteiger partial charge in [0, 0.05) is 29.7 Å². The van der Waals surface area contributed by atoms with Crippen molar-refractivity contribution >= 4 is 49.8 Å². The molecule has 2 rings (SSSR count). The molecule has 9 heteroatoms. The molecule has 0 bridgehead atoms. The summed E-state index contributed by atoms with van der Waals surface area (Å²) in [5.74, 6) is -0.379. The third-order valence-electron chi connectivity index (χ3n) is 4.22. The fraction of sp³-hybridized carbons (Fsp3) is 0.471. The number of methoxy groups -OCH3 is 1. The Morgan fingerprint density at radius 2 is 1.92 bits per heavy atom. The molecule has 1 unspecified atom stereocenters. The van der Waals surface area contributed by atoms with Crippen molar-refractivity contribution in [3.63, 3.8) is 0 Å². The first-order valence-electron chi connectivity index (χ1n) is 8.02. The van der Waals surface area contributed by atoms with Crippen LogP contribution < -0.4 is 5.73 Å². The van der Waals surface area contributed by atoms with E-state index < -0.39 is 16.0 Å². The highest BCUT2D eigenvalue weighted by atomic mass is 35.5. The van der Waals surface area contributed by atoms with Gasteiger partial charge in [0.1, 0.15) is 9.77 Å². The number of ether oxygens (including phenoxy) is 1. The Morgan fingerprint density at radius 1 is 1.31 bits per heavy atom. The minimum atomic E-state index is -3.84. The van der Waals surface area contributed by atoms with Crippen LogP contribution in [0.4, 0.5) is 0 Å². The first-order chi connectivity index (χ1) is 11.7. The van der Waals surface area contributed by atoms with E-state index in [1.807, 2.05) is 19.9 Å². The van der Waals surface area contributed by atoms with E-state index >= 15 is 0 Å². The highest BCUT2D eigenvalue weighted by Gasteiger charge is 2.32. The van der Waals surface area contributed by atoms with Crippen LogP contribution in [0.3, 0.4) is 0 Å². The second-order valence-electron chi connectivity index (χ2n) is 6.27. The molecule has 0 aliphatic heterocycles. The van der Waals surface area contributed by atoms with Crippen molar-refractivity contribution in [2.24, 2.45) is 11.7 Å². The summed E-state index contributed by atoms with van der Waals surface area (Å²) in [6, 6.07) is 6.97. The lowest BCUT2D eigenvalue weighted by Crippen LogP contribution is -2.35. The van der Waals surface area contributed by atoms with Gasteiger partial charge in [0.2, 0.25) is 10.0 Å². The summed E-state index contributed by atoms with van der Waals surface area (Å²) in [7, 11) is -1.09. The predicted octanol–water partition coefficient (Wildman–Crippen LogP) is 3.10. The van der Waals surface area contributed by atoms with E-state index in [0.717, 1.165) is 16.0 Å². The zero-order chi connectivity index (χ0) is 18.8. The number of esters is 1. The summed E-state index contributed by atoms with van der Waals surface area (Å²) in [5.41, 5.74) is 6.02. The molecule has 2 N–H and O–H groups in total. The number of nitrogens with two attached hydrogens (primary N) is 1. The molecule has 0 amide bonds. The Morgan fingerprint density at radius 3 is 2.50 bits per heavy atom. The van der Waals surface area contributed by atoms with Gasteiger partial charge in [0.25, 0.3) is 0 Å². The summed E-state index contributed by atoms with van der Waals surface area (Å²) in [4.78, 5) is 12.2. The van der Waals surface area contributed by atoms with Crippen LogP contribution in [0, 0.1) is 5.92 Å². The molecule has 0 aliphatic carbocycles. The van der Waals surface area contributed by atoms with Gasteiger partial charge in [-0.1, -0.05) is 32.0 Å². The summed E-state index contributed by atoms with van der Waals surface area (Å²) < 4.78 is 33.0. The number of halogens is 1. The van der Waals surface area contributed by atoms with Crippen LogP contribution in [0.1, 0.15) is 29.9 Å². The molecule has 0 spiro atoms. The monoisotopic (exact) mass is 420 g/mol. The van der Waals surface area contributed by atoms with Crippen LogP contribution >= 0.6 is 23.7 Å². The average Bonchev–Trinajstić information content (AvgIpc) is 2.98.